The van der Waals surface area contributed by atoms with E-state index in [0.717, 1.165) is 11.1 Å². The first-order valence-corrected chi connectivity index (χ1v) is 7.54. The number of nitrogens with one attached hydrogen (secondary N) is 1. The number of halogens is 1. The van der Waals surface area contributed by atoms with E-state index in [1.807, 2.05) is 44.2 Å². The fourth-order valence-corrected chi connectivity index (χ4v) is 2.40. The molecule has 1 aromatic heterocycles. The zero-order valence-corrected chi connectivity index (χ0v) is 13.0. The SMILES string of the molecule is CC(NC(C)c1nnc(-c2ccccc2)o1)c1ccc(F)cc1. The molecule has 0 amide bonds. The van der Waals surface area contributed by atoms with Crippen LogP contribution in [0.5, 0.6) is 0 Å². The van der Waals surface area contributed by atoms with Crippen LogP contribution in [-0.4, -0.2) is 10.2 Å². The summed E-state index contributed by atoms with van der Waals surface area (Å²) in [5.41, 5.74) is 1.89. The maximum absolute atomic E-state index is 13.0. The summed E-state index contributed by atoms with van der Waals surface area (Å²) in [7, 11) is 0. The molecule has 1 heterocycles. The lowest BCUT2D eigenvalue weighted by molar-refractivity contribution is 0.394. The third-order valence-corrected chi connectivity index (χ3v) is 3.70. The molecule has 5 heteroatoms. The Bertz CT molecular complexity index is 755. The van der Waals surface area contributed by atoms with Crippen LogP contribution in [-0.2, 0) is 0 Å². The van der Waals surface area contributed by atoms with E-state index in [0.29, 0.717) is 11.8 Å². The average Bonchev–Trinajstić information content (AvgIpc) is 3.06. The van der Waals surface area contributed by atoms with Crippen molar-refractivity contribution in [1.82, 2.24) is 15.5 Å². The van der Waals surface area contributed by atoms with Crippen molar-refractivity contribution < 1.29 is 8.81 Å². The Hall–Kier alpha value is -2.53. The van der Waals surface area contributed by atoms with Crippen LogP contribution >= 0.6 is 0 Å². The molecule has 0 fully saturated rings. The number of rotatable bonds is 5. The minimum Gasteiger partial charge on any atom is -0.419 e. The normalized spacial score (nSPS) is 13.7. The smallest absolute Gasteiger partial charge is 0.247 e. The van der Waals surface area contributed by atoms with Crippen molar-refractivity contribution in [2.45, 2.75) is 25.9 Å². The van der Waals surface area contributed by atoms with Gasteiger partial charge in [-0.05, 0) is 43.7 Å². The maximum Gasteiger partial charge on any atom is 0.247 e. The lowest BCUT2D eigenvalue weighted by atomic mass is 10.1. The van der Waals surface area contributed by atoms with Crippen LogP contribution in [0, 0.1) is 5.82 Å². The molecule has 1 N–H and O–H groups in total. The van der Waals surface area contributed by atoms with Gasteiger partial charge in [0.1, 0.15) is 5.82 Å². The van der Waals surface area contributed by atoms with Gasteiger partial charge in [-0.1, -0.05) is 30.3 Å². The van der Waals surface area contributed by atoms with Crippen LogP contribution in [0.3, 0.4) is 0 Å². The molecule has 0 radical (unpaired) electrons. The predicted molar refractivity (Wildman–Crippen MR) is 86.1 cm³/mol. The highest BCUT2D eigenvalue weighted by Crippen LogP contribution is 2.22. The third-order valence-electron chi connectivity index (χ3n) is 3.70. The van der Waals surface area contributed by atoms with E-state index in [9.17, 15) is 4.39 Å². The van der Waals surface area contributed by atoms with Gasteiger partial charge < -0.3 is 4.42 Å². The van der Waals surface area contributed by atoms with Crippen LogP contribution < -0.4 is 5.32 Å². The summed E-state index contributed by atoms with van der Waals surface area (Å²) in [5, 5.41) is 11.6. The molecule has 0 saturated heterocycles. The lowest BCUT2D eigenvalue weighted by Gasteiger charge is -2.17. The largest absolute Gasteiger partial charge is 0.419 e. The van der Waals surface area contributed by atoms with Crippen LogP contribution in [0.1, 0.15) is 37.4 Å². The first kappa shape index (κ1) is 15.4. The molecule has 2 unspecified atom stereocenters. The summed E-state index contributed by atoms with van der Waals surface area (Å²) in [5.74, 6) is 0.792. The summed E-state index contributed by atoms with van der Waals surface area (Å²) in [4.78, 5) is 0. The van der Waals surface area contributed by atoms with E-state index < -0.39 is 0 Å². The minimum absolute atomic E-state index is 0.0395. The van der Waals surface area contributed by atoms with E-state index in [2.05, 4.69) is 15.5 Å². The van der Waals surface area contributed by atoms with Gasteiger partial charge in [-0.3, -0.25) is 5.32 Å². The average molecular weight is 311 g/mol. The molecule has 3 rings (SSSR count). The van der Waals surface area contributed by atoms with Gasteiger partial charge in [0.2, 0.25) is 11.8 Å². The Labute approximate surface area is 134 Å². The highest BCUT2D eigenvalue weighted by molar-refractivity contribution is 5.51. The second kappa shape index (κ2) is 6.71. The van der Waals surface area contributed by atoms with E-state index >= 15 is 0 Å². The fourth-order valence-electron chi connectivity index (χ4n) is 2.40. The molecule has 2 aromatic carbocycles. The summed E-state index contributed by atoms with van der Waals surface area (Å²) in [6, 6.07) is 16.0. The minimum atomic E-state index is -0.238. The van der Waals surface area contributed by atoms with Gasteiger partial charge in [0.05, 0.1) is 6.04 Å². The Morgan fingerprint density at radius 1 is 0.913 bits per heavy atom. The monoisotopic (exact) mass is 311 g/mol. The Morgan fingerprint density at radius 2 is 1.61 bits per heavy atom. The molecule has 0 bridgehead atoms. The molecule has 0 aliphatic carbocycles. The van der Waals surface area contributed by atoms with Crippen molar-refractivity contribution >= 4 is 0 Å². The first-order valence-electron chi connectivity index (χ1n) is 7.54. The van der Waals surface area contributed by atoms with Gasteiger partial charge in [-0.2, -0.15) is 0 Å². The maximum atomic E-state index is 13.0. The predicted octanol–water partition coefficient (Wildman–Crippen LogP) is 4.29. The van der Waals surface area contributed by atoms with Gasteiger partial charge in [-0.15, -0.1) is 10.2 Å². The van der Waals surface area contributed by atoms with Crippen LogP contribution in [0.15, 0.2) is 59.0 Å². The molecule has 0 saturated carbocycles. The standard InChI is InChI=1S/C18H18FN3O/c1-12(14-8-10-16(19)11-9-14)20-13(2)17-21-22-18(23-17)15-6-4-3-5-7-15/h3-13,20H,1-2H3. The molecule has 0 aliphatic heterocycles. The molecular weight excluding hydrogens is 293 g/mol. The Kier molecular flexibility index (Phi) is 4.48. The Morgan fingerprint density at radius 3 is 2.30 bits per heavy atom. The number of aromatic nitrogens is 2. The highest BCUT2D eigenvalue weighted by atomic mass is 19.1. The van der Waals surface area contributed by atoms with Crippen molar-refractivity contribution in [3.8, 4) is 11.5 Å². The second-order valence-electron chi connectivity index (χ2n) is 5.47. The molecule has 23 heavy (non-hydrogen) atoms. The highest BCUT2D eigenvalue weighted by Gasteiger charge is 2.17. The third kappa shape index (κ3) is 3.63. The van der Waals surface area contributed by atoms with Gasteiger partial charge in [0.25, 0.3) is 0 Å². The van der Waals surface area contributed by atoms with Crippen molar-refractivity contribution in [3.63, 3.8) is 0 Å². The first-order chi connectivity index (χ1) is 11.1. The summed E-state index contributed by atoms with van der Waals surface area (Å²) < 4.78 is 18.7. The molecule has 0 spiro atoms. The number of hydrogen-bond donors (Lipinski definition) is 1. The van der Waals surface area contributed by atoms with Gasteiger partial charge in [0.15, 0.2) is 0 Å². The van der Waals surface area contributed by atoms with Crippen LogP contribution in [0.2, 0.25) is 0 Å². The molecule has 3 aromatic rings. The second-order valence-corrected chi connectivity index (χ2v) is 5.47. The molecular formula is C18H18FN3O. The fraction of sp³-hybridized carbons (Fsp3) is 0.222. The van der Waals surface area contributed by atoms with E-state index in [-0.39, 0.29) is 17.9 Å². The van der Waals surface area contributed by atoms with Crippen LogP contribution in [0.4, 0.5) is 4.39 Å². The van der Waals surface area contributed by atoms with Gasteiger partial charge >= 0.3 is 0 Å². The van der Waals surface area contributed by atoms with Gasteiger partial charge in [0, 0.05) is 11.6 Å². The van der Waals surface area contributed by atoms with Gasteiger partial charge in [-0.25, -0.2) is 4.39 Å². The quantitative estimate of drug-likeness (QED) is 0.764. The number of nitrogens with zero attached hydrogens (tertiary/aromatic N) is 2. The van der Waals surface area contributed by atoms with Crippen molar-refractivity contribution in [3.05, 3.63) is 71.9 Å². The topological polar surface area (TPSA) is 51.0 Å². The number of benzene rings is 2. The van der Waals surface area contributed by atoms with E-state index in [1.165, 1.54) is 12.1 Å². The van der Waals surface area contributed by atoms with Crippen molar-refractivity contribution in [2.75, 3.05) is 0 Å². The lowest BCUT2D eigenvalue weighted by Crippen LogP contribution is -2.22. The summed E-state index contributed by atoms with van der Waals surface area (Å²) in [6.07, 6.45) is 0. The van der Waals surface area contributed by atoms with Crippen molar-refractivity contribution in [1.29, 1.82) is 0 Å². The van der Waals surface area contributed by atoms with Crippen LogP contribution in [0.25, 0.3) is 11.5 Å². The Balaban J connectivity index is 1.70. The molecule has 2 atom stereocenters. The number of hydrogen-bond acceptors (Lipinski definition) is 4. The molecule has 4 nitrogen and oxygen atoms in total. The summed E-state index contributed by atoms with van der Waals surface area (Å²) >= 11 is 0. The zero-order chi connectivity index (χ0) is 16.2. The molecule has 118 valence electrons. The summed E-state index contributed by atoms with van der Waals surface area (Å²) in [6.45, 7) is 3.97. The van der Waals surface area contributed by atoms with Crippen molar-refractivity contribution in [2.24, 2.45) is 0 Å². The zero-order valence-electron chi connectivity index (χ0n) is 13.0. The van der Waals surface area contributed by atoms with E-state index in [1.54, 1.807) is 12.1 Å². The van der Waals surface area contributed by atoms with E-state index in [4.69, 9.17) is 4.42 Å². The molecule has 0 aliphatic rings.